The summed E-state index contributed by atoms with van der Waals surface area (Å²) in [5.41, 5.74) is 11.0. The van der Waals surface area contributed by atoms with Crippen molar-refractivity contribution in [1.82, 2.24) is 0 Å². The van der Waals surface area contributed by atoms with Crippen LogP contribution in [0.15, 0.2) is 34.5 Å². The third-order valence-electron chi connectivity index (χ3n) is 1.51. The summed E-state index contributed by atoms with van der Waals surface area (Å²) in [5.74, 6) is 0.651. The fourth-order valence-corrected chi connectivity index (χ4v) is 0.931. The van der Waals surface area contributed by atoms with Gasteiger partial charge in [0.15, 0.2) is 0 Å². The molecule has 0 unspecified atom stereocenters. The second kappa shape index (κ2) is 4.86. The molecule has 0 spiro atoms. The van der Waals surface area contributed by atoms with Gasteiger partial charge in [0.2, 0.25) is 5.96 Å². The number of ether oxygens (including phenoxy) is 1. The van der Waals surface area contributed by atoms with Crippen LogP contribution < -0.4 is 16.2 Å². The summed E-state index contributed by atoms with van der Waals surface area (Å²) in [4.78, 5) is 0. The van der Waals surface area contributed by atoms with Crippen molar-refractivity contribution in [2.45, 2.75) is 0 Å². The molecule has 0 fully saturated rings. The van der Waals surface area contributed by atoms with Gasteiger partial charge in [0, 0.05) is 5.56 Å². The highest BCUT2D eigenvalue weighted by atomic mass is 16.5. The summed E-state index contributed by atoms with van der Waals surface area (Å²) >= 11 is 0. The lowest BCUT2D eigenvalue weighted by Gasteiger charge is -2.01. The largest absolute Gasteiger partial charge is 0.496 e. The van der Waals surface area contributed by atoms with E-state index in [1.807, 2.05) is 24.3 Å². The number of rotatable bonds is 3. The van der Waals surface area contributed by atoms with Gasteiger partial charge in [-0.05, 0) is 12.1 Å². The van der Waals surface area contributed by atoms with Gasteiger partial charge in [0.1, 0.15) is 5.75 Å². The van der Waals surface area contributed by atoms with E-state index < -0.39 is 0 Å². The molecule has 0 saturated heterocycles. The van der Waals surface area contributed by atoms with Gasteiger partial charge in [0.05, 0.1) is 13.3 Å². The molecule has 0 atom stereocenters. The number of benzene rings is 1. The van der Waals surface area contributed by atoms with Crippen molar-refractivity contribution in [2.24, 2.45) is 21.7 Å². The molecule has 74 valence electrons. The maximum atomic E-state index is 5.11. The molecule has 0 radical (unpaired) electrons. The molecule has 0 aromatic heterocycles. The zero-order valence-corrected chi connectivity index (χ0v) is 7.84. The minimum Gasteiger partial charge on any atom is -0.496 e. The molecule has 0 aliphatic rings. The SMILES string of the molecule is COc1ccccc1/C=N\N=C(N)N. The predicted molar refractivity (Wildman–Crippen MR) is 56.4 cm³/mol. The first-order chi connectivity index (χ1) is 6.74. The van der Waals surface area contributed by atoms with Crippen molar-refractivity contribution in [3.05, 3.63) is 29.8 Å². The zero-order valence-electron chi connectivity index (χ0n) is 7.84. The van der Waals surface area contributed by atoms with E-state index in [1.165, 1.54) is 6.21 Å². The van der Waals surface area contributed by atoms with Crippen molar-refractivity contribution in [3.8, 4) is 5.75 Å². The summed E-state index contributed by atoms with van der Waals surface area (Å²) in [6.07, 6.45) is 1.53. The summed E-state index contributed by atoms with van der Waals surface area (Å²) in [5, 5.41) is 7.16. The minimum atomic E-state index is -0.0730. The summed E-state index contributed by atoms with van der Waals surface area (Å²) < 4.78 is 5.10. The van der Waals surface area contributed by atoms with Crippen molar-refractivity contribution in [2.75, 3.05) is 7.11 Å². The number of nitrogens with zero attached hydrogens (tertiary/aromatic N) is 2. The van der Waals surface area contributed by atoms with Gasteiger partial charge in [-0.25, -0.2) is 0 Å². The molecule has 0 aliphatic carbocycles. The normalized spacial score (nSPS) is 10.1. The second-order valence-corrected chi connectivity index (χ2v) is 2.51. The lowest BCUT2D eigenvalue weighted by molar-refractivity contribution is 0.414. The number of guanidine groups is 1. The van der Waals surface area contributed by atoms with Crippen LogP contribution in [0.4, 0.5) is 0 Å². The quantitative estimate of drug-likeness (QED) is 0.410. The summed E-state index contributed by atoms with van der Waals surface area (Å²) in [6, 6.07) is 7.43. The van der Waals surface area contributed by atoms with E-state index >= 15 is 0 Å². The second-order valence-electron chi connectivity index (χ2n) is 2.51. The van der Waals surface area contributed by atoms with E-state index in [4.69, 9.17) is 16.2 Å². The molecule has 5 nitrogen and oxygen atoms in total. The lowest BCUT2D eigenvalue weighted by Crippen LogP contribution is -2.21. The van der Waals surface area contributed by atoms with Gasteiger partial charge in [-0.1, -0.05) is 12.1 Å². The molecule has 0 amide bonds. The van der Waals surface area contributed by atoms with Crippen LogP contribution in [0.2, 0.25) is 0 Å². The molecule has 1 aromatic rings. The van der Waals surface area contributed by atoms with E-state index in [1.54, 1.807) is 7.11 Å². The average molecular weight is 192 g/mol. The maximum absolute atomic E-state index is 5.11. The van der Waals surface area contributed by atoms with Crippen molar-refractivity contribution in [1.29, 1.82) is 0 Å². The van der Waals surface area contributed by atoms with Crippen molar-refractivity contribution >= 4 is 12.2 Å². The molecular formula is C9H12N4O. The Hall–Kier alpha value is -2.04. The summed E-state index contributed by atoms with van der Waals surface area (Å²) in [7, 11) is 1.59. The molecular weight excluding hydrogens is 180 g/mol. The predicted octanol–water partition coefficient (Wildman–Crippen LogP) is 0.302. The molecule has 5 heteroatoms. The first-order valence-corrected chi connectivity index (χ1v) is 3.99. The van der Waals surface area contributed by atoms with E-state index in [0.29, 0.717) is 0 Å². The van der Waals surface area contributed by atoms with Gasteiger partial charge in [-0.3, -0.25) is 0 Å². The van der Waals surface area contributed by atoms with Crippen LogP contribution in [-0.2, 0) is 0 Å². The van der Waals surface area contributed by atoms with Crippen LogP contribution in [0, 0.1) is 0 Å². The van der Waals surface area contributed by atoms with Crippen LogP contribution in [0.25, 0.3) is 0 Å². The monoisotopic (exact) mass is 192 g/mol. The number of hydrogen-bond acceptors (Lipinski definition) is 3. The van der Waals surface area contributed by atoms with Gasteiger partial charge in [-0.15, -0.1) is 5.10 Å². The third-order valence-corrected chi connectivity index (χ3v) is 1.51. The minimum absolute atomic E-state index is 0.0730. The van der Waals surface area contributed by atoms with Gasteiger partial charge >= 0.3 is 0 Å². The number of hydrogen-bond donors (Lipinski definition) is 2. The lowest BCUT2D eigenvalue weighted by atomic mass is 10.2. The zero-order chi connectivity index (χ0) is 10.4. The summed E-state index contributed by atoms with van der Waals surface area (Å²) in [6.45, 7) is 0. The molecule has 1 aromatic carbocycles. The fraction of sp³-hybridized carbons (Fsp3) is 0.111. The van der Waals surface area contributed by atoms with E-state index in [0.717, 1.165) is 11.3 Å². The average Bonchev–Trinajstić information content (AvgIpc) is 2.18. The van der Waals surface area contributed by atoms with Crippen molar-refractivity contribution < 1.29 is 4.74 Å². The first-order valence-electron chi connectivity index (χ1n) is 3.99. The first kappa shape index (κ1) is 10.0. The Morgan fingerprint density at radius 3 is 2.71 bits per heavy atom. The van der Waals surface area contributed by atoms with Gasteiger partial charge in [-0.2, -0.15) is 5.10 Å². The molecule has 0 saturated carbocycles. The molecule has 0 heterocycles. The molecule has 0 aliphatic heterocycles. The Morgan fingerprint density at radius 2 is 2.07 bits per heavy atom. The van der Waals surface area contributed by atoms with Gasteiger partial charge in [0.25, 0.3) is 0 Å². The number of nitrogens with two attached hydrogens (primary N) is 2. The molecule has 4 N–H and O–H groups in total. The molecule has 0 bridgehead atoms. The van der Waals surface area contributed by atoms with Crippen LogP contribution in [0.3, 0.4) is 0 Å². The highest BCUT2D eigenvalue weighted by Gasteiger charge is 1.96. The van der Waals surface area contributed by atoms with Crippen molar-refractivity contribution in [3.63, 3.8) is 0 Å². The smallest absolute Gasteiger partial charge is 0.211 e. The Bertz CT molecular complexity index is 356. The Balaban J connectivity index is 2.85. The standard InChI is InChI=1S/C9H12N4O/c1-14-8-5-3-2-4-7(8)6-12-13-9(10)11/h2-6H,1H3,(H4,10,11,13)/b12-6-. The topological polar surface area (TPSA) is 86.0 Å². The van der Waals surface area contributed by atoms with E-state index in [9.17, 15) is 0 Å². The van der Waals surface area contributed by atoms with Crippen LogP contribution in [0.5, 0.6) is 5.75 Å². The third kappa shape index (κ3) is 2.78. The Labute approximate surface area is 82.1 Å². The highest BCUT2D eigenvalue weighted by Crippen LogP contribution is 2.14. The van der Waals surface area contributed by atoms with Crippen LogP contribution in [0.1, 0.15) is 5.56 Å². The number of methoxy groups -OCH3 is 1. The highest BCUT2D eigenvalue weighted by molar-refractivity contribution is 5.84. The molecule has 14 heavy (non-hydrogen) atoms. The van der Waals surface area contributed by atoms with E-state index in [-0.39, 0.29) is 5.96 Å². The number of para-hydroxylation sites is 1. The van der Waals surface area contributed by atoms with Crippen LogP contribution >= 0.6 is 0 Å². The Morgan fingerprint density at radius 1 is 1.36 bits per heavy atom. The fourth-order valence-electron chi connectivity index (χ4n) is 0.931. The maximum Gasteiger partial charge on any atom is 0.211 e. The van der Waals surface area contributed by atoms with E-state index in [2.05, 4.69) is 10.2 Å². The Kier molecular flexibility index (Phi) is 3.49. The van der Waals surface area contributed by atoms with Gasteiger partial charge < -0.3 is 16.2 Å². The van der Waals surface area contributed by atoms with Crippen LogP contribution in [-0.4, -0.2) is 19.3 Å². The molecule has 1 rings (SSSR count).